The minimum absolute atomic E-state index is 0.0783. The molecule has 0 bridgehead atoms. The third kappa shape index (κ3) is 3.87. The Bertz CT molecular complexity index is 580. The number of hydrogen-bond donors (Lipinski definition) is 3. The van der Waals surface area contributed by atoms with Gasteiger partial charge in [-0.05, 0) is 13.8 Å². The number of carboxylic acid groups (broad SMARTS) is 1. The van der Waals surface area contributed by atoms with Crippen molar-refractivity contribution in [2.24, 2.45) is 5.73 Å². The molecule has 0 radical (unpaired) electrons. The van der Waals surface area contributed by atoms with Crippen LogP contribution in [0.3, 0.4) is 0 Å². The van der Waals surface area contributed by atoms with E-state index in [9.17, 15) is 9.59 Å². The Hall–Kier alpha value is -2.77. The van der Waals surface area contributed by atoms with Gasteiger partial charge in [-0.3, -0.25) is 4.79 Å². The number of aryl methyl sites for hydroxylation is 1. The Morgan fingerprint density at radius 3 is 2.58 bits per heavy atom. The van der Waals surface area contributed by atoms with Crippen molar-refractivity contribution in [3.63, 3.8) is 0 Å². The van der Waals surface area contributed by atoms with Crippen LogP contribution in [-0.4, -0.2) is 32.7 Å². The van der Waals surface area contributed by atoms with Gasteiger partial charge in [-0.15, -0.1) is 0 Å². The van der Waals surface area contributed by atoms with E-state index in [1.54, 1.807) is 0 Å². The van der Waals surface area contributed by atoms with Gasteiger partial charge < -0.3 is 21.0 Å². The maximum Gasteiger partial charge on any atom is 0.373 e. The Morgan fingerprint density at radius 2 is 2.16 bits per heavy atom. The van der Waals surface area contributed by atoms with Crippen molar-refractivity contribution in [2.45, 2.75) is 13.8 Å². The fourth-order valence-electron chi connectivity index (χ4n) is 1.13. The van der Waals surface area contributed by atoms with Crippen molar-refractivity contribution in [3.05, 3.63) is 29.6 Å². The first kappa shape index (κ1) is 14.3. The van der Waals surface area contributed by atoms with Crippen molar-refractivity contribution in [1.82, 2.24) is 9.97 Å². The lowest BCUT2D eigenvalue weighted by Crippen LogP contribution is -2.20. The molecule has 0 spiro atoms. The van der Waals surface area contributed by atoms with Crippen molar-refractivity contribution in [3.8, 4) is 5.75 Å². The van der Waals surface area contributed by atoms with Crippen LogP contribution < -0.4 is 10.5 Å². The zero-order chi connectivity index (χ0) is 14.6. The largest absolute Gasteiger partial charge is 0.475 e. The molecule has 0 unspecified atom stereocenters. The summed E-state index contributed by atoms with van der Waals surface area (Å²) in [6.45, 7) is 2.95. The van der Waals surface area contributed by atoms with Gasteiger partial charge in [-0.1, -0.05) is 0 Å². The molecule has 19 heavy (non-hydrogen) atoms. The predicted octanol–water partition coefficient (Wildman–Crippen LogP) is 0.271. The number of carbonyl (C=O) groups excluding carboxylic acids is 1. The second-order valence-corrected chi connectivity index (χ2v) is 3.61. The van der Waals surface area contributed by atoms with Gasteiger partial charge in [0.25, 0.3) is 5.91 Å². The number of nitrogens with zero attached hydrogens (tertiary/aromatic N) is 2. The third-order valence-corrected chi connectivity index (χ3v) is 1.94. The monoisotopic (exact) mass is 264 g/mol. The number of aromatic carboxylic acids is 1. The Labute approximate surface area is 108 Å². The van der Waals surface area contributed by atoms with Crippen LogP contribution in [0.15, 0.2) is 18.0 Å². The van der Waals surface area contributed by atoms with Gasteiger partial charge in [0.2, 0.25) is 5.82 Å². The molecule has 1 heterocycles. The van der Waals surface area contributed by atoms with Crippen molar-refractivity contribution >= 4 is 17.6 Å². The van der Waals surface area contributed by atoms with E-state index in [1.807, 2.05) is 0 Å². The molecule has 0 saturated heterocycles. The molecule has 8 nitrogen and oxygen atoms in total. The van der Waals surface area contributed by atoms with Gasteiger partial charge >= 0.3 is 5.97 Å². The Balaban J connectivity index is 3.08. The average Bonchev–Trinajstić information content (AvgIpc) is 2.29. The minimum atomic E-state index is -1.27. The summed E-state index contributed by atoms with van der Waals surface area (Å²) in [6.07, 6.45) is 2.27. The molecule has 8 heteroatoms. The summed E-state index contributed by atoms with van der Waals surface area (Å²) in [7, 11) is 0. The summed E-state index contributed by atoms with van der Waals surface area (Å²) in [5.41, 5.74) is 5.41. The van der Waals surface area contributed by atoms with E-state index in [0.717, 1.165) is 12.3 Å². The van der Waals surface area contributed by atoms with Gasteiger partial charge in [0.05, 0.1) is 11.9 Å². The lowest BCUT2D eigenvalue weighted by atomic mass is 10.3. The van der Waals surface area contributed by atoms with E-state index in [0.29, 0.717) is 0 Å². The molecule has 0 fully saturated rings. The summed E-state index contributed by atoms with van der Waals surface area (Å²) >= 11 is 0. The standard InChI is InChI=1S/C11H12N4O4/c1-5(12)3-7(9(13)16)19-8-4-14-10(11(17)18)15-6(8)2/h3-4,12H,1-2H3,(H2,13,16)(H,17,18)/b7-3+,12-5?. The van der Waals surface area contributed by atoms with Crippen LogP contribution in [0.25, 0.3) is 0 Å². The van der Waals surface area contributed by atoms with E-state index in [1.165, 1.54) is 13.8 Å². The highest BCUT2D eigenvalue weighted by Crippen LogP contribution is 2.17. The molecule has 1 rings (SSSR count). The molecule has 1 aromatic heterocycles. The molecule has 100 valence electrons. The topological polar surface area (TPSA) is 139 Å². The highest BCUT2D eigenvalue weighted by Gasteiger charge is 2.14. The Morgan fingerprint density at radius 1 is 1.53 bits per heavy atom. The van der Waals surface area contributed by atoms with Crippen LogP contribution in [0.2, 0.25) is 0 Å². The van der Waals surface area contributed by atoms with E-state index in [-0.39, 0.29) is 28.7 Å². The first-order valence-electron chi connectivity index (χ1n) is 5.12. The number of rotatable bonds is 5. The van der Waals surface area contributed by atoms with Crippen molar-refractivity contribution < 1.29 is 19.4 Å². The quantitative estimate of drug-likeness (QED) is 0.396. The molecular weight excluding hydrogens is 252 g/mol. The van der Waals surface area contributed by atoms with Crippen LogP contribution in [0, 0.1) is 12.3 Å². The summed E-state index contributed by atoms with van der Waals surface area (Å²) in [6, 6.07) is 0. The lowest BCUT2D eigenvalue weighted by molar-refractivity contribution is -0.116. The molecule has 4 N–H and O–H groups in total. The number of primary amides is 1. The molecule has 1 amide bonds. The summed E-state index contributed by atoms with van der Waals surface area (Å²) < 4.78 is 5.18. The van der Waals surface area contributed by atoms with E-state index in [4.69, 9.17) is 21.0 Å². The summed E-state index contributed by atoms with van der Waals surface area (Å²) in [5.74, 6) is -2.65. The van der Waals surface area contributed by atoms with E-state index >= 15 is 0 Å². The number of carboxylic acids is 1. The molecule has 0 saturated carbocycles. The number of hydrogen-bond acceptors (Lipinski definition) is 6. The lowest BCUT2D eigenvalue weighted by Gasteiger charge is -2.08. The maximum atomic E-state index is 11.1. The maximum absolute atomic E-state index is 11.1. The first-order valence-corrected chi connectivity index (χ1v) is 5.12. The number of aromatic nitrogens is 2. The van der Waals surface area contributed by atoms with Crippen LogP contribution >= 0.6 is 0 Å². The first-order chi connectivity index (χ1) is 8.81. The average molecular weight is 264 g/mol. The fourth-order valence-corrected chi connectivity index (χ4v) is 1.13. The highest BCUT2D eigenvalue weighted by atomic mass is 16.5. The molecule has 0 aliphatic carbocycles. The zero-order valence-corrected chi connectivity index (χ0v) is 10.3. The van der Waals surface area contributed by atoms with E-state index < -0.39 is 11.9 Å². The highest BCUT2D eigenvalue weighted by molar-refractivity contribution is 6.00. The van der Waals surface area contributed by atoms with Crippen LogP contribution in [-0.2, 0) is 4.79 Å². The molecule has 0 aliphatic heterocycles. The Kier molecular flexibility index (Phi) is 4.30. The smallest absolute Gasteiger partial charge is 0.373 e. The second kappa shape index (κ2) is 5.71. The number of nitrogens with two attached hydrogens (primary N) is 1. The fraction of sp³-hybridized carbons (Fsp3) is 0.182. The van der Waals surface area contributed by atoms with Gasteiger partial charge in [-0.25, -0.2) is 14.8 Å². The second-order valence-electron chi connectivity index (χ2n) is 3.61. The number of nitrogens with one attached hydrogen (secondary N) is 1. The van der Waals surface area contributed by atoms with Crippen LogP contribution in [0.5, 0.6) is 5.75 Å². The number of carbonyl (C=O) groups is 2. The molecule has 0 aromatic carbocycles. The van der Waals surface area contributed by atoms with Crippen molar-refractivity contribution in [2.75, 3.05) is 0 Å². The minimum Gasteiger partial charge on any atom is -0.475 e. The summed E-state index contributed by atoms with van der Waals surface area (Å²) in [5, 5.41) is 16.0. The summed E-state index contributed by atoms with van der Waals surface area (Å²) in [4.78, 5) is 29.0. The van der Waals surface area contributed by atoms with Gasteiger partial charge in [0.15, 0.2) is 11.5 Å². The number of amides is 1. The van der Waals surface area contributed by atoms with Crippen molar-refractivity contribution in [1.29, 1.82) is 5.41 Å². The normalized spacial score (nSPS) is 10.9. The van der Waals surface area contributed by atoms with Gasteiger partial charge in [0.1, 0.15) is 0 Å². The molecule has 0 atom stereocenters. The number of ether oxygens (including phenoxy) is 1. The molecular formula is C11H12N4O4. The third-order valence-electron chi connectivity index (χ3n) is 1.94. The van der Waals surface area contributed by atoms with Gasteiger partial charge in [-0.2, -0.15) is 0 Å². The molecule has 0 aliphatic rings. The van der Waals surface area contributed by atoms with E-state index in [2.05, 4.69) is 9.97 Å². The van der Waals surface area contributed by atoms with Crippen LogP contribution in [0.4, 0.5) is 0 Å². The van der Waals surface area contributed by atoms with Gasteiger partial charge in [0, 0.05) is 11.8 Å². The SMILES string of the molecule is CC(=N)/C=C(/Oc1cnc(C(=O)O)nc1C)C(N)=O. The molecule has 1 aromatic rings. The number of allylic oxidation sites excluding steroid dienone is 1. The zero-order valence-electron chi connectivity index (χ0n) is 10.3. The predicted molar refractivity (Wildman–Crippen MR) is 65.0 cm³/mol. The van der Waals surface area contributed by atoms with Crippen LogP contribution in [0.1, 0.15) is 23.2 Å².